The van der Waals surface area contributed by atoms with Crippen molar-refractivity contribution in [3.63, 3.8) is 0 Å². The van der Waals surface area contributed by atoms with Gasteiger partial charge in [0, 0.05) is 25.2 Å². The second-order valence-corrected chi connectivity index (χ2v) is 9.11. The Balaban J connectivity index is 1.34. The molecule has 2 fully saturated rings. The topological polar surface area (TPSA) is 87.4 Å². The van der Waals surface area contributed by atoms with E-state index in [1.165, 1.54) is 12.8 Å². The number of para-hydroxylation sites is 1. The van der Waals surface area contributed by atoms with Crippen LogP contribution in [-0.4, -0.2) is 56.1 Å². The normalized spacial score (nSPS) is 24.2. The van der Waals surface area contributed by atoms with Gasteiger partial charge in [0.2, 0.25) is 0 Å². The number of amidine groups is 1. The van der Waals surface area contributed by atoms with E-state index in [1.807, 2.05) is 48.3 Å². The average molecular weight is 430 g/mol. The number of pyridine rings is 1. The molecule has 1 aromatic carbocycles. The number of hydrogen-bond donors (Lipinski definition) is 2. The van der Waals surface area contributed by atoms with Gasteiger partial charge >= 0.3 is 0 Å². The minimum atomic E-state index is -0.432. The van der Waals surface area contributed by atoms with Gasteiger partial charge in [-0.15, -0.1) is 0 Å². The third-order valence-electron chi connectivity index (χ3n) is 7.02. The number of nitrogens with zero attached hydrogens (tertiary/aromatic N) is 5. The van der Waals surface area contributed by atoms with E-state index in [1.54, 1.807) is 10.9 Å². The van der Waals surface area contributed by atoms with Crippen molar-refractivity contribution in [3.05, 3.63) is 48.3 Å². The Labute approximate surface area is 186 Å². The summed E-state index contributed by atoms with van der Waals surface area (Å²) in [6.07, 6.45) is 7.28. The molecule has 1 saturated heterocycles. The number of carbonyl (C=O) groups excluding carboxylic acids is 1. The molecule has 0 bridgehead atoms. The van der Waals surface area contributed by atoms with Crippen molar-refractivity contribution in [2.45, 2.75) is 43.7 Å². The molecule has 2 N–H and O–H groups in total. The largest absolute Gasteiger partial charge is 0.368 e. The van der Waals surface area contributed by atoms with Crippen molar-refractivity contribution in [2.75, 3.05) is 23.7 Å². The molecule has 1 saturated carbocycles. The molecule has 1 atom stereocenters. The molecule has 3 aromatic rings. The quantitative estimate of drug-likeness (QED) is 0.652. The van der Waals surface area contributed by atoms with Gasteiger partial charge in [0.15, 0.2) is 11.5 Å². The Bertz CT molecular complexity index is 1230. The Morgan fingerprint density at radius 2 is 2.03 bits per heavy atom. The SMILES string of the molecule is Cn1nc(C(=O)N2CCC3(C2)Nc2cccnc2NC3=NC2CCCC2)c2ccccc21. The molecular formula is C24H27N7O. The van der Waals surface area contributed by atoms with Gasteiger partial charge in [-0.2, -0.15) is 5.10 Å². The van der Waals surface area contributed by atoms with Gasteiger partial charge in [-0.1, -0.05) is 31.0 Å². The number of aliphatic imine (C=N–C) groups is 1. The summed E-state index contributed by atoms with van der Waals surface area (Å²) >= 11 is 0. The Hall–Kier alpha value is -3.42. The zero-order valence-electron chi connectivity index (χ0n) is 18.2. The van der Waals surface area contributed by atoms with Crippen LogP contribution in [0.2, 0.25) is 0 Å². The number of fused-ring (bicyclic) bond motifs is 2. The number of hydrogen-bond acceptors (Lipinski definition) is 5. The number of benzene rings is 1. The lowest BCUT2D eigenvalue weighted by Gasteiger charge is -2.38. The molecule has 3 aliphatic rings. The van der Waals surface area contributed by atoms with E-state index in [4.69, 9.17) is 4.99 Å². The lowest BCUT2D eigenvalue weighted by atomic mass is 9.93. The van der Waals surface area contributed by atoms with E-state index in [9.17, 15) is 4.79 Å². The number of rotatable bonds is 2. The third kappa shape index (κ3) is 3.04. The van der Waals surface area contributed by atoms with Gasteiger partial charge in [0.05, 0.1) is 23.8 Å². The van der Waals surface area contributed by atoms with Crippen molar-refractivity contribution >= 4 is 34.2 Å². The Morgan fingerprint density at radius 3 is 2.91 bits per heavy atom. The summed E-state index contributed by atoms with van der Waals surface area (Å²) in [4.78, 5) is 25.1. The lowest BCUT2D eigenvalue weighted by molar-refractivity contribution is 0.0784. The second kappa shape index (κ2) is 7.32. The summed E-state index contributed by atoms with van der Waals surface area (Å²) in [5.41, 5.74) is 2.00. The molecule has 164 valence electrons. The standard InChI is InChI=1S/C24H27N7O/c1-30-19-11-5-4-9-17(19)20(29-30)22(32)31-14-12-24(15-31)23(26-16-7-2-3-8-16)27-21-18(28-24)10-6-13-25-21/h4-6,9-11,13,16,28H,2-3,7-8,12,14-15H2,1H3,(H,25,26,27). The van der Waals surface area contributed by atoms with E-state index in [0.717, 1.165) is 47.5 Å². The van der Waals surface area contributed by atoms with Crippen LogP contribution in [0.1, 0.15) is 42.6 Å². The number of aryl methyl sites for hydroxylation is 1. The summed E-state index contributed by atoms with van der Waals surface area (Å²) in [6, 6.07) is 12.2. The predicted molar refractivity (Wildman–Crippen MR) is 125 cm³/mol. The molecule has 1 spiro atoms. The Morgan fingerprint density at radius 1 is 1.19 bits per heavy atom. The maximum Gasteiger partial charge on any atom is 0.275 e. The summed E-state index contributed by atoms with van der Waals surface area (Å²) in [7, 11) is 1.88. The van der Waals surface area contributed by atoms with Crippen LogP contribution < -0.4 is 10.6 Å². The molecule has 1 aliphatic carbocycles. The van der Waals surface area contributed by atoms with E-state index < -0.39 is 5.54 Å². The van der Waals surface area contributed by atoms with Crippen molar-refractivity contribution in [1.82, 2.24) is 19.7 Å². The summed E-state index contributed by atoms with van der Waals surface area (Å²) in [6.45, 7) is 1.20. The second-order valence-electron chi connectivity index (χ2n) is 9.11. The predicted octanol–water partition coefficient (Wildman–Crippen LogP) is 3.43. The fourth-order valence-corrected chi connectivity index (χ4v) is 5.33. The third-order valence-corrected chi connectivity index (χ3v) is 7.02. The first kappa shape index (κ1) is 19.3. The molecule has 32 heavy (non-hydrogen) atoms. The smallest absolute Gasteiger partial charge is 0.275 e. The number of carbonyl (C=O) groups is 1. The van der Waals surface area contributed by atoms with Gasteiger partial charge in [-0.3, -0.25) is 14.5 Å². The highest BCUT2D eigenvalue weighted by Gasteiger charge is 2.48. The highest BCUT2D eigenvalue weighted by atomic mass is 16.2. The first-order chi connectivity index (χ1) is 15.6. The highest BCUT2D eigenvalue weighted by molar-refractivity contribution is 6.10. The number of nitrogens with one attached hydrogen (secondary N) is 2. The van der Waals surface area contributed by atoms with E-state index in [0.29, 0.717) is 24.8 Å². The summed E-state index contributed by atoms with van der Waals surface area (Å²) in [5, 5.41) is 12.7. The minimum absolute atomic E-state index is 0.0299. The molecule has 6 rings (SSSR count). The maximum absolute atomic E-state index is 13.5. The molecule has 0 radical (unpaired) electrons. The van der Waals surface area contributed by atoms with Crippen LogP contribution in [0.4, 0.5) is 11.5 Å². The Kier molecular flexibility index (Phi) is 4.41. The number of amides is 1. The van der Waals surface area contributed by atoms with Crippen LogP contribution in [0.15, 0.2) is 47.6 Å². The number of anilines is 2. The summed E-state index contributed by atoms with van der Waals surface area (Å²) < 4.78 is 1.78. The van der Waals surface area contributed by atoms with Crippen molar-refractivity contribution in [3.8, 4) is 0 Å². The summed E-state index contributed by atoms with van der Waals surface area (Å²) in [5.74, 6) is 1.69. The zero-order valence-corrected chi connectivity index (χ0v) is 18.2. The van der Waals surface area contributed by atoms with Gasteiger partial charge in [-0.05, 0) is 37.5 Å². The number of likely N-dealkylation sites (tertiary alicyclic amines) is 1. The van der Waals surface area contributed by atoms with Crippen LogP contribution in [-0.2, 0) is 7.05 Å². The van der Waals surface area contributed by atoms with Crippen molar-refractivity contribution in [2.24, 2.45) is 12.0 Å². The molecular weight excluding hydrogens is 402 g/mol. The molecule has 1 amide bonds. The monoisotopic (exact) mass is 429 g/mol. The molecule has 2 aromatic heterocycles. The van der Waals surface area contributed by atoms with Crippen molar-refractivity contribution < 1.29 is 4.79 Å². The zero-order chi connectivity index (χ0) is 21.7. The van der Waals surface area contributed by atoms with Crippen molar-refractivity contribution in [1.29, 1.82) is 0 Å². The first-order valence-electron chi connectivity index (χ1n) is 11.4. The average Bonchev–Trinajstić information content (AvgIpc) is 3.55. The van der Waals surface area contributed by atoms with E-state index in [2.05, 4.69) is 20.7 Å². The molecule has 2 aliphatic heterocycles. The first-order valence-corrected chi connectivity index (χ1v) is 11.4. The number of aromatic nitrogens is 3. The fraction of sp³-hybridized carbons (Fsp3) is 0.417. The molecule has 8 heteroatoms. The van der Waals surface area contributed by atoms with Crippen LogP contribution in [0.3, 0.4) is 0 Å². The minimum Gasteiger partial charge on any atom is -0.368 e. The van der Waals surface area contributed by atoms with Gasteiger partial charge in [-0.25, -0.2) is 4.98 Å². The van der Waals surface area contributed by atoms with Crippen LogP contribution in [0.25, 0.3) is 10.9 Å². The molecule has 8 nitrogen and oxygen atoms in total. The van der Waals surface area contributed by atoms with E-state index >= 15 is 0 Å². The maximum atomic E-state index is 13.5. The lowest BCUT2D eigenvalue weighted by Crippen LogP contribution is -2.55. The van der Waals surface area contributed by atoms with Gasteiger partial charge in [0.1, 0.15) is 11.4 Å². The van der Waals surface area contributed by atoms with Gasteiger partial charge < -0.3 is 15.5 Å². The molecule has 4 heterocycles. The van der Waals surface area contributed by atoms with Crippen LogP contribution >= 0.6 is 0 Å². The fourth-order valence-electron chi connectivity index (χ4n) is 5.33. The van der Waals surface area contributed by atoms with Gasteiger partial charge in [0.25, 0.3) is 5.91 Å². The van der Waals surface area contributed by atoms with Crippen LogP contribution in [0, 0.1) is 0 Å². The highest BCUT2D eigenvalue weighted by Crippen LogP contribution is 2.37. The van der Waals surface area contributed by atoms with Crippen LogP contribution in [0.5, 0.6) is 0 Å². The molecule has 1 unspecified atom stereocenters. The van der Waals surface area contributed by atoms with E-state index in [-0.39, 0.29) is 5.91 Å².